The summed E-state index contributed by atoms with van der Waals surface area (Å²) < 4.78 is 11.4. The third-order valence-corrected chi connectivity index (χ3v) is 3.09. The topological polar surface area (TPSA) is 55.8 Å². The second-order valence-corrected chi connectivity index (χ2v) is 5.40. The Bertz CT molecular complexity index is 479. The van der Waals surface area contributed by atoms with Crippen LogP contribution in [0.1, 0.15) is 32.3 Å². The SMILES string of the molecule is CC1(C)O[C@@H](CC(=O)O)C[C@@H](/C=C\c2ccccc2)O1. The van der Waals surface area contributed by atoms with Gasteiger partial charge in [-0.1, -0.05) is 42.5 Å². The van der Waals surface area contributed by atoms with Crippen molar-refractivity contribution < 1.29 is 19.4 Å². The van der Waals surface area contributed by atoms with Crippen molar-refractivity contribution in [2.24, 2.45) is 0 Å². The smallest absolute Gasteiger partial charge is 0.305 e. The Morgan fingerprint density at radius 3 is 2.70 bits per heavy atom. The highest BCUT2D eigenvalue weighted by Gasteiger charge is 2.35. The first kappa shape index (κ1) is 14.8. The number of benzene rings is 1. The molecule has 1 fully saturated rings. The van der Waals surface area contributed by atoms with Crippen LogP contribution in [0.15, 0.2) is 36.4 Å². The van der Waals surface area contributed by atoms with E-state index in [0.717, 1.165) is 5.56 Å². The summed E-state index contributed by atoms with van der Waals surface area (Å²) in [5, 5.41) is 8.89. The highest BCUT2D eigenvalue weighted by molar-refractivity contribution is 5.67. The van der Waals surface area contributed by atoms with Crippen LogP contribution in [0.2, 0.25) is 0 Å². The number of carboxylic acid groups (broad SMARTS) is 1. The van der Waals surface area contributed by atoms with Gasteiger partial charge in [0, 0.05) is 6.42 Å². The van der Waals surface area contributed by atoms with Gasteiger partial charge in [-0.15, -0.1) is 0 Å². The molecule has 1 aromatic rings. The molecule has 0 bridgehead atoms. The molecule has 0 aromatic heterocycles. The van der Waals surface area contributed by atoms with E-state index in [0.29, 0.717) is 6.42 Å². The van der Waals surface area contributed by atoms with Crippen molar-refractivity contribution in [2.75, 3.05) is 0 Å². The average molecular weight is 276 g/mol. The van der Waals surface area contributed by atoms with Crippen molar-refractivity contribution in [3.05, 3.63) is 42.0 Å². The van der Waals surface area contributed by atoms with E-state index in [4.69, 9.17) is 14.6 Å². The maximum absolute atomic E-state index is 10.8. The molecule has 4 heteroatoms. The summed E-state index contributed by atoms with van der Waals surface area (Å²) in [6.07, 6.45) is 4.06. The van der Waals surface area contributed by atoms with Crippen LogP contribution in [0.3, 0.4) is 0 Å². The van der Waals surface area contributed by atoms with Crippen molar-refractivity contribution in [1.82, 2.24) is 0 Å². The minimum Gasteiger partial charge on any atom is -0.481 e. The zero-order valence-electron chi connectivity index (χ0n) is 11.8. The fraction of sp³-hybridized carbons (Fsp3) is 0.438. The fourth-order valence-electron chi connectivity index (χ4n) is 2.37. The van der Waals surface area contributed by atoms with Crippen molar-refractivity contribution in [1.29, 1.82) is 0 Å². The van der Waals surface area contributed by atoms with Gasteiger partial charge in [0.1, 0.15) is 0 Å². The van der Waals surface area contributed by atoms with Crippen molar-refractivity contribution in [3.63, 3.8) is 0 Å². The van der Waals surface area contributed by atoms with Crippen LogP contribution in [0.4, 0.5) is 0 Å². The number of aliphatic carboxylic acids is 1. The van der Waals surface area contributed by atoms with Gasteiger partial charge in [-0.05, 0) is 19.4 Å². The summed E-state index contributed by atoms with van der Waals surface area (Å²) >= 11 is 0. The molecule has 0 spiro atoms. The van der Waals surface area contributed by atoms with Crippen LogP contribution >= 0.6 is 0 Å². The van der Waals surface area contributed by atoms with Crippen LogP contribution in [-0.2, 0) is 14.3 Å². The minimum absolute atomic E-state index is 0.00245. The lowest BCUT2D eigenvalue weighted by molar-refractivity contribution is -0.290. The van der Waals surface area contributed by atoms with Crippen LogP contribution in [-0.4, -0.2) is 29.1 Å². The summed E-state index contributed by atoms with van der Waals surface area (Å²) in [6.45, 7) is 3.62. The summed E-state index contributed by atoms with van der Waals surface area (Å²) in [7, 11) is 0. The summed E-state index contributed by atoms with van der Waals surface area (Å²) in [5.74, 6) is -1.61. The van der Waals surface area contributed by atoms with Crippen LogP contribution in [0.5, 0.6) is 0 Å². The Balaban J connectivity index is 2.03. The molecule has 1 N–H and O–H groups in total. The predicted octanol–water partition coefficient (Wildman–Crippen LogP) is 3.08. The van der Waals surface area contributed by atoms with Gasteiger partial charge < -0.3 is 14.6 Å². The Morgan fingerprint density at radius 1 is 1.35 bits per heavy atom. The van der Waals surface area contributed by atoms with Crippen LogP contribution in [0.25, 0.3) is 6.08 Å². The molecule has 1 saturated heterocycles. The molecule has 0 saturated carbocycles. The van der Waals surface area contributed by atoms with Gasteiger partial charge in [-0.3, -0.25) is 4.79 Å². The lowest BCUT2D eigenvalue weighted by Crippen LogP contribution is -2.44. The number of ether oxygens (including phenoxy) is 2. The molecule has 1 aromatic carbocycles. The molecular formula is C16H20O4. The molecule has 0 unspecified atom stereocenters. The standard InChI is InChI=1S/C16H20O4/c1-16(2)19-13(10-14(20-16)11-15(17)18)9-8-12-6-4-3-5-7-12/h3-9,13-14H,10-11H2,1-2H3,(H,17,18)/b9-8-/t13-,14-/m1/s1. The Hall–Kier alpha value is -1.65. The van der Waals surface area contributed by atoms with E-state index in [1.807, 2.05) is 56.3 Å². The largest absolute Gasteiger partial charge is 0.481 e. The zero-order chi connectivity index (χ0) is 14.6. The number of hydrogen-bond donors (Lipinski definition) is 1. The molecule has 1 aliphatic rings. The second kappa shape index (κ2) is 6.20. The number of carbonyl (C=O) groups is 1. The van der Waals surface area contributed by atoms with E-state index in [1.165, 1.54) is 0 Å². The maximum Gasteiger partial charge on any atom is 0.305 e. The van der Waals surface area contributed by atoms with Crippen LogP contribution in [0, 0.1) is 0 Å². The third-order valence-electron chi connectivity index (χ3n) is 3.09. The Kier molecular flexibility index (Phi) is 4.57. The molecule has 2 rings (SSSR count). The van der Waals surface area contributed by atoms with E-state index in [1.54, 1.807) is 0 Å². The quantitative estimate of drug-likeness (QED) is 0.918. The molecule has 1 aliphatic heterocycles. The molecule has 2 atom stereocenters. The number of carboxylic acids is 1. The van der Waals surface area contributed by atoms with E-state index >= 15 is 0 Å². The highest BCUT2D eigenvalue weighted by atomic mass is 16.7. The molecular weight excluding hydrogens is 256 g/mol. The first-order valence-corrected chi connectivity index (χ1v) is 6.75. The van der Waals surface area contributed by atoms with E-state index in [9.17, 15) is 4.79 Å². The lowest BCUT2D eigenvalue weighted by Gasteiger charge is -2.39. The van der Waals surface area contributed by atoms with Gasteiger partial charge >= 0.3 is 5.97 Å². The molecule has 0 radical (unpaired) electrons. The fourth-order valence-corrected chi connectivity index (χ4v) is 2.37. The zero-order valence-corrected chi connectivity index (χ0v) is 11.8. The van der Waals surface area contributed by atoms with E-state index in [2.05, 4.69) is 0 Å². The number of rotatable bonds is 4. The minimum atomic E-state index is -0.849. The highest BCUT2D eigenvalue weighted by Crippen LogP contribution is 2.29. The molecule has 108 valence electrons. The summed E-state index contributed by atoms with van der Waals surface area (Å²) in [4.78, 5) is 10.8. The van der Waals surface area contributed by atoms with Gasteiger partial charge in [0.15, 0.2) is 5.79 Å². The molecule has 1 heterocycles. The first-order chi connectivity index (χ1) is 9.44. The van der Waals surface area contributed by atoms with E-state index < -0.39 is 11.8 Å². The molecule has 20 heavy (non-hydrogen) atoms. The second-order valence-electron chi connectivity index (χ2n) is 5.40. The van der Waals surface area contributed by atoms with Crippen molar-refractivity contribution in [2.45, 2.75) is 44.7 Å². The predicted molar refractivity (Wildman–Crippen MR) is 76.2 cm³/mol. The third kappa shape index (κ3) is 4.47. The van der Waals surface area contributed by atoms with Gasteiger partial charge in [0.2, 0.25) is 0 Å². The normalized spacial score (nSPS) is 25.7. The number of hydrogen-bond acceptors (Lipinski definition) is 3. The van der Waals surface area contributed by atoms with Gasteiger partial charge in [-0.2, -0.15) is 0 Å². The summed E-state index contributed by atoms with van der Waals surface area (Å²) in [6, 6.07) is 9.93. The Morgan fingerprint density at radius 2 is 2.05 bits per heavy atom. The molecule has 0 amide bonds. The average Bonchev–Trinajstić information content (AvgIpc) is 2.35. The lowest BCUT2D eigenvalue weighted by atomic mass is 10.0. The summed E-state index contributed by atoms with van der Waals surface area (Å²) in [5.41, 5.74) is 1.09. The monoisotopic (exact) mass is 276 g/mol. The van der Waals surface area contributed by atoms with Gasteiger partial charge in [0.25, 0.3) is 0 Å². The van der Waals surface area contributed by atoms with Crippen LogP contribution < -0.4 is 0 Å². The van der Waals surface area contributed by atoms with E-state index in [-0.39, 0.29) is 18.6 Å². The van der Waals surface area contributed by atoms with Gasteiger partial charge in [0.05, 0.1) is 18.6 Å². The Labute approximate surface area is 119 Å². The van der Waals surface area contributed by atoms with Crippen molar-refractivity contribution in [3.8, 4) is 0 Å². The first-order valence-electron chi connectivity index (χ1n) is 6.75. The molecule has 4 nitrogen and oxygen atoms in total. The molecule has 0 aliphatic carbocycles. The van der Waals surface area contributed by atoms with Gasteiger partial charge in [-0.25, -0.2) is 0 Å². The maximum atomic E-state index is 10.8. The van der Waals surface area contributed by atoms with Crippen molar-refractivity contribution >= 4 is 12.0 Å².